The van der Waals surface area contributed by atoms with E-state index in [0.717, 1.165) is 0 Å². The van der Waals surface area contributed by atoms with Crippen LogP contribution in [0.5, 0.6) is 0 Å². The monoisotopic (exact) mass is 694 g/mol. The van der Waals surface area contributed by atoms with Gasteiger partial charge in [0.05, 0.1) is 19.2 Å². The zero-order chi connectivity index (χ0) is 34.0. The molecule has 0 amide bonds. The molecule has 4 atom stereocenters. The molecule has 0 aromatic carbocycles. The molecule has 0 aliphatic carbocycles. The fraction of sp³-hybridized carbons (Fsp3) is 0.719. The van der Waals surface area contributed by atoms with Crippen LogP contribution < -0.4 is 0 Å². The highest BCUT2D eigenvalue weighted by Gasteiger charge is 2.55. The van der Waals surface area contributed by atoms with E-state index >= 15 is 0 Å². The zero-order valence-corrected chi connectivity index (χ0v) is 33.8. The van der Waals surface area contributed by atoms with Crippen molar-refractivity contribution in [3.8, 4) is 11.5 Å². The van der Waals surface area contributed by atoms with Crippen LogP contribution >= 0.6 is 11.6 Å². The maximum atomic E-state index is 7.31. The third-order valence-electron chi connectivity index (χ3n) is 10.6. The van der Waals surface area contributed by atoms with Gasteiger partial charge in [0, 0.05) is 0 Å². The summed E-state index contributed by atoms with van der Waals surface area (Å²) < 4.78 is 36.0. The predicted molar refractivity (Wildman–Crippen MR) is 189 cm³/mol. The number of furan rings is 1. The Morgan fingerprint density at radius 3 is 1.89 bits per heavy atom. The van der Waals surface area contributed by atoms with Gasteiger partial charge in [-0.3, -0.25) is 4.57 Å². The summed E-state index contributed by atoms with van der Waals surface area (Å²) in [6, 6.07) is 3.65. The van der Waals surface area contributed by atoms with Crippen LogP contribution in [0.1, 0.15) is 68.5 Å². The van der Waals surface area contributed by atoms with Gasteiger partial charge in [-0.2, -0.15) is 4.98 Å². The topological polar surface area (TPSA) is 93.7 Å². The number of ether oxygens (including phenoxy) is 1. The van der Waals surface area contributed by atoms with E-state index in [1.807, 2.05) is 16.7 Å². The van der Waals surface area contributed by atoms with Crippen LogP contribution in [0.15, 0.2) is 29.1 Å². The lowest BCUT2D eigenvalue weighted by molar-refractivity contribution is -0.0470. The summed E-state index contributed by atoms with van der Waals surface area (Å²) in [6.45, 7) is 34.3. The lowest BCUT2D eigenvalue weighted by Gasteiger charge is -2.44. The van der Waals surface area contributed by atoms with Gasteiger partial charge in [-0.1, -0.05) is 62.3 Å². The van der Waals surface area contributed by atoms with Crippen LogP contribution in [0.25, 0.3) is 22.6 Å². The van der Waals surface area contributed by atoms with Crippen LogP contribution in [0.4, 0.5) is 0 Å². The first-order valence-electron chi connectivity index (χ1n) is 16.0. The highest BCUT2D eigenvalue weighted by molar-refractivity contribution is 6.75. The third-order valence-corrected chi connectivity index (χ3v) is 24.2. The van der Waals surface area contributed by atoms with E-state index in [4.69, 9.17) is 39.0 Å². The van der Waals surface area contributed by atoms with Crippen molar-refractivity contribution < 1.29 is 22.4 Å². The van der Waals surface area contributed by atoms with Gasteiger partial charge in [-0.25, -0.2) is 9.97 Å². The molecule has 0 unspecified atom stereocenters. The van der Waals surface area contributed by atoms with Crippen molar-refractivity contribution in [2.75, 3.05) is 6.61 Å². The standard InChI is InChI=1S/C32H55ClN4O5Si3/c1-30(2,3)43(10,11)39-19-22-25(41-44(12,13)31(4,5)6)26(42-45(14,15)32(7,8)9)28(40-22)37-20-34-24-23(21-17-16-18-38-21)35-29(33)36-27(24)37/h16-18,20,22,25-26,28H,19H2,1-15H3/t22-,25-,26-,28-/m1/s1. The van der Waals surface area contributed by atoms with E-state index in [9.17, 15) is 0 Å². The maximum Gasteiger partial charge on any atom is 0.225 e. The molecule has 1 saturated heterocycles. The SMILES string of the molecule is CC(C)(C)[Si](C)(C)OC[C@H]1O[C@@H](n2cnc3c(-c4ccco4)nc(Cl)nc32)[C@H](O[Si](C)(C)C(C)(C)C)[C@@H]1O[Si](C)(C)C(C)(C)C. The van der Waals surface area contributed by atoms with Crippen molar-refractivity contribution in [1.82, 2.24) is 19.5 Å². The van der Waals surface area contributed by atoms with Gasteiger partial charge < -0.3 is 22.4 Å². The maximum absolute atomic E-state index is 7.31. The average Bonchev–Trinajstić information content (AvgIpc) is 3.60. The molecule has 13 heteroatoms. The lowest BCUT2D eigenvalue weighted by Crippen LogP contribution is -2.54. The summed E-state index contributed by atoms with van der Waals surface area (Å²) in [5, 5.41) is 0.0954. The third kappa shape index (κ3) is 7.38. The summed E-state index contributed by atoms with van der Waals surface area (Å²) in [6.07, 6.45) is 1.59. The van der Waals surface area contributed by atoms with Gasteiger partial charge in [0.2, 0.25) is 5.28 Å². The van der Waals surface area contributed by atoms with Gasteiger partial charge in [0.25, 0.3) is 0 Å². The van der Waals surface area contributed by atoms with E-state index in [1.54, 1.807) is 12.6 Å². The summed E-state index contributed by atoms with van der Waals surface area (Å²) in [5.41, 5.74) is 1.65. The molecule has 1 fully saturated rings. The van der Waals surface area contributed by atoms with E-state index in [-0.39, 0.29) is 32.6 Å². The van der Waals surface area contributed by atoms with Crippen molar-refractivity contribution in [3.05, 3.63) is 30.0 Å². The van der Waals surface area contributed by atoms with E-state index in [2.05, 4.69) is 112 Å². The number of imidazole rings is 1. The Hall–Kier alpha value is -1.39. The van der Waals surface area contributed by atoms with E-state index in [0.29, 0.717) is 29.2 Å². The molecule has 1 aliphatic rings. The second-order valence-corrected chi connectivity index (χ2v) is 31.6. The number of rotatable bonds is 9. The molecule has 3 aromatic heterocycles. The number of nitrogens with zero attached hydrogens (tertiary/aromatic N) is 4. The Morgan fingerprint density at radius 1 is 0.822 bits per heavy atom. The van der Waals surface area contributed by atoms with Crippen LogP contribution in [-0.4, -0.2) is 69.4 Å². The molecule has 0 bridgehead atoms. The van der Waals surface area contributed by atoms with Crippen molar-refractivity contribution in [1.29, 1.82) is 0 Å². The molecule has 0 radical (unpaired) electrons. The fourth-order valence-corrected chi connectivity index (χ4v) is 8.32. The smallest absolute Gasteiger partial charge is 0.225 e. The first-order valence-corrected chi connectivity index (χ1v) is 25.1. The zero-order valence-electron chi connectivity index (χ0n) is 30.0. The predicted octanol–water partition coefficient (Wildman–Crippen LogP) is 9.44. The summed E-state index contributed by atoms with van der Waals surface area (Å²) in [5.74, 6) is 0.566. The second kappa shape index (κ2) is 12.2. The molecule has 0 spiro atoms. The van der Waals surface area contributed by atoms with Gasteiger partial charge in [-0.15, -0.1) is 0 Å². The van der Waals surface area contributed by atoms with Crippen LogP contribution in [0, 0.1) is 0 Å². The van der Waals surface area contributed by atoms with Gasteiger partial charge >= 0.3 is 0 Å². The number of hydrogen-bond acceptors (Lipinski definition) is 8. The minimum absolute atomic E-state index is 0.0160. The minimum atomic E-state index is -2.32. The van der Waals surface area contributed by atoms with Gasteiger partial charge in [-0.05, 0) is 78.1 Å². The molecule has 0 N–H and O–H groups in total. The molecule has 3 aromatic rings. The fourth-order valence-electron chi connectivity index (χ4n) is 4.54. The molecule has 0 saturated carbocycles. The lowest BCUT2D eigenvalue weighted by atomic mass is 10.1. The van der Waals surface area contributed by atoms with Crippen LogP contribution in [0.2, 0.25) is 59.7 Å². The van der Waals surface area contributed by atoms with E-state index in [1.165, 1.54) is 0 Å². The van der Waals surface area contributed by atoms with E-state index < -0.39 is 37.3 Å². The normalized spacial score (nSPS) is 22.5. The molecule has 9 nitrogen and oxygen atoms in total. The molecular formula is C32H55ClN4O5Si3. The van der Waals surface area contributed by atoms with Crippen molar-refractivity contribution >= 4 is 47.7 Å². The number of hydrogen-bond donors (Lipinski definition) is 0. The average molecular weight is 696 g/mol. The van der Waals surface area contributed by atoms with Gasteiger partial charge in [0.15, 0.2) is 42.6 Å². The van der Waals surface area contributed by atoms with Crippen molar-refractivity contribution in [3.63, 3.8) is 0 Å². The minimum Gasteiger partial charge on any atom is -0.463 e. The first kappa shape index (κ1) is 36.4. The Bertz CT molecular complexity index is 1470. The Labute approximate surface area is 278 Å². The Balaban J connectivity index is 1.88. The van der Waals surface area contributed by atoms with Crippen LogP contribution in [0.3, 0.4) is 0 Å². The van der Waals surface area contributed by atoms with Crippen LogP contribution in [-0.2, 0) is 18.0 Å². The largest absolute Gasteiger partial charge is 0.463 e. The highest BCUT2D eigenvalue weighted by atomic mass is 35.5. The van der Waals surface area contributed by atoms with Gasteiger partial charge in [0.1, 0.15) is 29.5 Å². The summed E-state index contributed by atoms with van der Waals surface area (Å²) in [4.78, 5) is 13.9. The quantitative estimate of drug-likeness (QED) is 0.162. The number of halogens is 1. The molecule has 4 heterocycles. The Morgan fingerprint density at radius 2 is 1.38 bits per heavy atom. The van der Waals surface area contributed by atoms with Crippen molar-refractivity contribution in [2.45, 2.75) is 141 Å². The number of fused-ring (bicyclic) bond motifs is 1. The molecule has 4 rings (SSSR count). The molecule has 1 aliphatic heterocycles. The molecule has 45 heavy (non-hydrogen) atoms. The Kier molecular flexibility index (Phi) is 9.92. The second-order valence-electron chi connectivity index (χ2n) is 17.0. The summed E-state index contributed by atoms with van der Waals surface area (Å²) in [7, 11) is -6.70. The first-order chi connectivity index (χ1) is 20.4. The molecule has 252 valence electrons. The number of aromatic nitrogens is 4. The highest BCUT2D eigenvalue weighted by Crippen LogP contribution is 2.47. The molecular weight excluding hydrogens is 640 g/mol. The summed E-state index contributed by atoms with van der Waals surface area (Å²) >= 11 is 6.51. The van der Waals surface area contributed by atoms with Crippen molar-refractivity contribution in [2.24, 2.45) is 0 Å².